The minimum atomic E-state index is -0.0579. The van der Waals surface area contributed by atoms with Crippen molar-refractivity contribution in [3.63, 3.8) is 0 Å². The Labute approximate surface area is 128 Å². The zero-order valence-electron chi connectivity index (χ0n) is 13.5. The van der Waals surface area contributed by atoms with Gasteiger partial charge in [0.15, 0.2) is 0 Å². The van der Waals surface area contributed by atoms with E-state index in [-0.39, 0.29) is 12.1 Å². The van der Waals surface area contributed by atoms with Gasteiger partial charge in [-0.15, -0.1) is 0 Å². The standard InChI is InChI=1S/C18H29NO2/c1-13(2)21-17-10-6-15(7-11-17)18(19)12-20-16-8-4-14(3)5-9-16/h6-7,10-11,13-14,16,18H,4-5,8-9,12,19H2,1-3H3. The first kappa shape index (κ1) is 16.3. The molecule has 0 heterocycles. The van der Waals surface area contributed by atoms with Gasteiger partial charge in [0.1, 0.15) is 5.75 Å². The lowest BCUT2D eigenvalue weighted by molar-refractivity contribution is 0.0126. The predicted octanol–water partition coefficient (Wildman–Crippen LogP) is 4.07. The monoisotopic (exact) mass is 291 g/mol. The van der Waals surface area contributed by atoms with Crippen molar-refractivity contribution in [3.8, 4) is 5.75 Å². The van der Waals surface area contributed by atoms with E-state index in [1.165, 1.54) is 25.7 Å². The molecule has 1 aliphatic rings. The average Bonchev–Trinajstić information content (AvgIpc) is 2.46. The van der Waals surface area contributed by atoms with E-state index in [4.69, 9.17) is 15.2 Å². The highest BCUT2D eigenvalue weighted by atomic mass is 16.5. The molecule has 2 rings (SSSR count). The van der Waals surface area contributed by atoms with Gasteiger partial charge in [-0.3, -0.25) is 0 Å². The molecule has 1 aromatic rings. The first-order valence-electron chi connectivity index (χ1n) is 8.18. The molecule has 1 aromatic carbocycles. The van der Waals surface area contributed by atoms with Gasteiger partial charge in [-0.1, -0.05) is 19.1 Å². The molecule has 1 atom stereocenters. The van der Waals surface area contributed by atoms with E-state index in [0.29, 0.717) is 12.7 Å². The summed E-state index contributed by atoms with van der Waals surface area (Å²) < 4.78 is 11.6. The number of ether oxygens (including phenoxy) is 2. The van der Waals surface area contributed by atoms with Crippen molar-refractivity contribution in [2.75, 3.05) is 6.61 Å². The summed E-state index contributed by atoms with van der Waals surface area (Å²) >= 11 is 0. The first-order valence-corrected chi connectivity index (χ1v) is 8.18. The topological polar surface area (TPSA) is 44.5 Å². The Kier molecular flexibility index (Phi) is 6.07. The van der Waals surface area contributed by atoms with Crippen molar-refractivity contribution in [3.05, 3.63) is 29.8 Å². The molecule has 21 heavy (non-hydrogen) atoms. The summed E-state index contributed by atoms with van der Waals surface area (Å²) in [5.41, 5.74) is 7.33. The van der Waals surface area contributed by atoms with E-state index in [1.807, 2.05) is 38.1 Å². The van der Waals surface area contributed by atoms with Crippen LogP contribution in [0.3, 0.4) is 0 Å². The Bertz CT molecular complexity index is 408. The summed E-state index contributed by atoms with van der Waals surface area (Å²) in [6, 6.07) is 7.98. The van der Waals surface area contributed by atoms with Gasteiger partial charge < -0.3 is 15.2 Å². The Morgan fingerprint density at radius 2 is 1.71 bits per heavy atom. The lowest BCUT2D eigenvalue weighted by Gasteiger charge is -2.27. The van der Waals surface area contributed by atoms with Crippen molar-refractivity contribution in [2.45, 2.75) is 64.7 Å². The van der Waals surface area contributed by atoms with Crippen LogP contribution in [-0.4, -0.2) is 18.8 Å². The lowest BCUT2D eigenvalue weighted by atomic mass is 9.89. The van der Waals surface area contributed by atoms with E-state index in [1.54, 1.807) is 0 Å². The Morgan fingerprint density at radius 3 is 2.29 bits per heavy atom. The third-order valence-electron chi connectivity index (χ3n) is 4.15. The molecule has 118 valence electrons. The molecule has 0 aliphatic heterocycles. The van der Waals surface area contributed by atoms with Crippen molar-refractivity contribution in [2.24, 2.45) is 11.7 Å². The fraction of sp³-hybridized carbons (Fsp3) is 0.667. The molecule has 0 bridgehead atoms. The third-order valence-corrected chi connectivity index (χ3v) is 4.15. The first-order chi connectivity index (χ1) is 10.0. The van der Waals surface area contributed by atoms with Gasteiger partial charge in [0.05, 0.1) is 24.9 Å². The molecule has 3 heteroatoms. The minimum absolute atomic E-state index is 0.0579. The summed E-state index contributed by atoms with van der Waals surface area (Å²) in [7, 11) is 0. The van der Waals surface area contributed by atoms with Gasteiger partial charge in [-0.05, 0) is 63.1 Å². The second-order valence-corrected chi connectivity index (χ2v) is 6.56. The number of hydrogen-bond acceptors (Lipinski definition) is 3. The zero-order valence-corrected chi connectivity index (χ0v) is 13.5. The van der Waals surface area contributed by atoms with Crippen LogP contribution in [0.4, 0.5) is 0 Å². The molecule has 1 aliphatic carbocycles. The molecule has 1 fully saturated rings. The summed E-state index contributed by atoms with van der Waals surface area (Å²) in [5, 5.41) is 0. The van der Waals surface area contributed by atoms with Crippen LogP contribution < -0.4 is 10.5 Å². The van der Waals surface area contributed by atoms with Crippen molar-refractivity contribution >= 4 is 0 Å². The van der Waals surface area contributed by atoms with E-state index < -0.39 is 0 Å². The van der Waals surface area contributed by atoms with Crippen LogP contribution in [0.5, 0.6) is 5.75 Å². The summed E-state index contributed by atoms with van der Waals surface area (Å²) in [6.45, 7) is 6.98. The molecule has 0 amide bonds. The lowest BCUT2D eigenvalue weighted by Crippen LogP contribution is -2.25. The molecule has 0 spiro atoms. The maximum absolute atomic E-state index is 6.22. The van der Waals surface area contributed by atoms with Gasteiger partial charge in [0, 0.05) is 0 Å². The van der Waals surface area contributed by atoms with Gasteiger partial charge in [-0.25, -0.2) is 0 Å². The largest absolute Gasteiger partial charge is 0.491 e. The van der Waals surface area contributed by atoms with E-state index in [0.717, 1.165) is 17.2 Å². The molecule has 0 radical (unpaired) electrons. The Balaban J connectivity index is 1.78. The predicted molar refractivity (Wildman–Crippen MR) is 86.5 cm³/mol. The molecular formula is C18H29NO2. The second-order valence-electron chi connectivity index (χ2n) is 6.56. The zero-order chi connectivity index (χ0) is 15.2. The third kappa shape index (κ3) is 5.33. The fourth-order valence-corrected chi connectivity index (χ4v) is 2.80. The van der Waals surface area contributed by atoms with Crippen LogP contribution >= 0.6 is 0 Å². The van der Waals surface area contributed by atoms with E-state index in [2.05, 4.69) is 6.92 Å². The maximum atomic E-state index is 6.22. The van der Waals surface area contributed by atoms with E-state index >= 15 is 0 Å². The molecule has 0 aromatic heterocycles. The summed E-state index contributed by atoms with van der Waals surface area (Å²) in [4.78, 5) is 0. The van der Waals surface area contributed by atoms with Crippen LogP contribution in [0.1, 0.15) is 58.1 Å². The summed E-state index contributed by atoms with van der Waals surface area (Å²) in [5.74, 6) is 1.75. The van der Waals surface area contributed by atoms with Crippen LogP contribution in [0, 0.1) is 5.92 Å². The van der Waals surface area contributed by atoms with E-state index in [9.17, 15) is 0 Å². The van der Waals surface area contributed by atoms with Gasteiger partial charge in [-0.2, -0.15) is 0 Å². The quantitative estimate of drug-likeness (QED) is 0.859. The smallest absolute Gasteiger partial charge is 0.119 e. The Morgan fingerprint density at radius 1 is 1.10 bits per heavy atom. The molecule has 2 N–H and O–H groups in total. The second kappa shape index (κ2) is 7.81. The van der Waals surface area contributed by atoms with Crippen LogP contribution in [0.15, 0.2) is 24.3 Å². The van der Waals surface area contributed by atoms with Gasteiger partial charge in [0.2, 0.25) is 0 Å². The number of rotatable bonds is 6. The highest BCUT2D eigenvalue weighted by Crippen LogP contribution is 2.26. The fourth-order valence-electron chi connectivity index (χ4n) is 2.80. The van der Waals surface area contributed by atoms with Gasteiger partial charge >= 0.3 is 0 Å². The van der Waals surface area contributed by atoms with Crippen LogP contribution in [0.25, 0.3) is 0 Å². The highest BCUT2D eigenvalue weighted by molar-refractivity contribution is 5.29. The minimum Gasteiger partial charge on any atom is -0.491 e. The van der Waals surface area contributed by atoms with Gasteiger partial charge in [0.25, 0.3) is 0 Å². The molecule has 3 nitrogen and oxygen atoms in total. The van der Waals surface area contributed by atoms with Crippen LogP contribution in [-0.2, 0) is 4.74 Å². The SMILES string of the molecule is CC1CCC(OCC(N)c2ccc(OC(C)C)cc2)CC1. The number of hydrogen-bond donors (Lipinski definition) is 1. The molecule has 1 saturated carbocycles. The van der Waals surface area contributed by atoms with Crippen LogP contribution in [0.2, 0.25) is 0 Å². The maximum Gasteiger partial charge on any atom is 0.119 e. The van der Waals surface area contributed by atoms with Crippen molar-refractivity contribution in [1.29, 1.82) is 0 Å². The normalized spacial score (nSPS) is 24.0. The van der Waals surface area contributed by atoms with Crippen molar-refractivity contribution < 1.29 is 9.47 Å². The number of nitrogens with two attached hydrogens (primary N) is 1. The number of benzene rings is 1. The van der Waals surface area contributed by atoms with Crippen molar-refractivity contribution in [1.82, 2.24) is 0 Å². The average molecular weight is 291 g/mol. The molecule has 1 unspecified atom stereocenters. The molecule has 0 saturated heterocycles. The highest BCUT2D eigenvalue weighted by Gasteiger charge is 2.19. The molecular weight excluding hydrogens is 262 g/mol. The summed E-state index contributed by atoms with van der Waals surface area (Å²) in [6.07, 6.45) is 5.50. The Hall–Kier alpha value is -1.06.